The molecule has 0 aromatic heterocycles. The maximum absolute atomic E-state index is 14.1. The van der Waals surface area contributed by atoms with Crippen LogP contribution >= 0.6 is 27.5 Å². The third-order valence-electron chi connectivity index (χ3n) is 4.70. The van der Waals surface area contributed by atoms with Gasteiger partial charge in [-0.25, -0.2) is 4.39 Å². The van der Waals surface area contributed by atoms with Crippen molar-refractivity contribution in [1.82, 2.24) is 5.32 Å². The van der Waals surface area contributed by atoms with E-state index in [9.17, 15) is 4.39 Å². The Morgan fingerprint density at radius 1 is 1.07 bits per heavy atom. The normalized spacial score (nSPS) is 11.9. The van der Waals surface area contributed by atoms with Crippen molar-refractivity contribution in [2.75, 3.05) is 6.61 Å². The van der Waals surface area contributed by atoms with E-state index in [1.165, 1.54) is 11.6 Å². The van der Waals surface area contributed by atoms with E-state index in [1.54, 1.807) is 12.1 Å². The summed E-state index contributed by atoms with van der Waals surface area (Å²) in [5, 5.41) is 3.85. The predicted molar refractivity (Wildman–Crippen MR) is 123 cm³/mol. The molecule has 3 aromatic carbocycles. The molecule has 0 aliphatic heterocycles. The van der Waals surface area contributed by atoms with Gasteiger partial charge in [-0.15, -0.1) is 0 Å². The van der Waals surface area contributed by atoms with Gasteiger partial charge in [-0.05, 0) is 65.2 Å². The molecule has 0 saturated heterocycles. The summed E-state index contributed by atoms with van der Waals surface area (Å²) in [5.74, 6) is 0.729. The monoisotopic (exact) mass is 491 g/mol. The lowest BCUT2D eigenvalue weighted by Crippen LogP contribution is -2.18. The van der Waals surface area contributed by atoms with Crippen molar-refractivity contribution in [2.45, 2.75) is 33.0 Å². The largest absolute Gasteiger partial charge is 0.490 e. The minimum atomic E-state index is -0.396. The highest BCUT2D eigenvalue weighted by molar-refractivity contribution is 9.10. The molecule has 1 atom stereocenters. The standard InChI is InChI=1S/C24H24BrClFNO2/c1-3-29-23-13-17(14-28-16(2)18-8-5-4-6-9-18)12-20(25)24(23)30-15-19-21(26)10-7-11-22(19)27/h4-13,16,28H,3,14-15H2,1-2H3/t16-/m0/s1. The molecule has 0 fully saturated rings. The molecule has 0 radical (unpaired) electrons. The van der Waals surface area contributed by atoms with E-state index in [2.05, 4.69) is 40.3 Å². The summed E-state index contributed by atoms with van der Waals surface area (Å²) < 4.78 is 26.5. The Morgan fingerprint density at radius 3 is 2.53 bits per heavy atom. The average Bonchev–Trinajstić information content (AvgIpc) is 2.74. The maximum atomic E-state index is 14.1. The van der Waals surface area contributed by atoms with Gasteiger partial charge in [-0.1, -0.05) is 48.0 Å². The molecule has 0 spiro atoms. The van der Waals surface area contributed by atoms with Crippen LogP contribution < -0.4 is 14.8 Å². The van der Waals surface area contributed by atoms with E-state index in [-0.39, 0.29) is 12.6 Å². The van der Waals surface area contributed by atoms with Gasteiger partial charge in [-0.2, -0.15) is 0 Å². The Hall–Kier alpha value is -2.08. The van der Waals surface area contributed by atoms with Crippen LogP contribution in [-0.4, -0.2) is 6.61 Å². The van der Waals surface area contributed by atoms with Gasteiger partial charge in [0.25, 0.3) is 0 Å². The second-order valence-corrected chi connectivity index (χ2v) is 8.10. The van der Waals surface area contributed by atoms with Crippen molar-refractivity contribution in [2.24, 2.45) is 0 Å². The quantitative estimate of drug-likeness (QED) is 0.346. The van der Waals surface area contributed by atoms with Gasteiger partial charge in [0.2, 0.25) is 0 Å². The van der Waals surface area contributed by atoms with Crippen LogP contribution in [-0.2, 0) is 13.2 Å². The zero-order chi connectivity index (χ0) is 21.5. The highest BCUT2D eigenvalue weighted by atomic mass is 79.9. The van der Waals surface area contributed by atoms with Crippen LogP contribution in [0.3, 0.4) is 0 Å². The van der Waals surface area contributed by atoms with Gasteiger partial charge in [0.1, 0.15) is 12.4 Å². The molecule has 0 unspecified atom stereocenters. The van der Waals surface area contributed by atoms with Crippen LogP contribution in [0.15, 0.2) is 65.1 Å². The average molecular weight is 493 g/mol. The lowest BCUT2D eigenvalue weighted by atomic mass is 10.1. The molecule has 0 bridgehead atoms. The number of hydrogen-bond donors (Lipinski definition) is 1. The zero-order valence-corrected chi connectivity index (χ0v) is 19.3. The molecule has 6 heteroatoms. The first-order valence-corrected chi connectivity index (χ1v) is 11.0. The molecule has 1 N–H and O–H groups in total. The fourth-order valence-electron chi connectivity index (χ4n) is 3.07. The second kappa shape index (κ2) is 10.8. The Morgan fingerprint density at radius 2 is 1.83 bits per heavy atom. The molecule has 0 amide bonds. The number of nitrogens with one attached hydrogen (secondary N) is 1. The number of halogens is 3. The number of ether oxygens (including phenoxy) is 2. The molecule has 0 heterocycles. The van der Waals surface area contributed by atoms with Crippen molar-refractivity contribution < 1.29 is 13.9 Å². The lowest BCUT2D eigenvalue weighted by Gasteiger charge is -2.18. The highest BCUT2D eigenvalue weighted by Crippen LogP contribution is 2.38. The maximum Gasteiger partial charge on any atom is 0.175 e. The summed E-state index contributed by atoms with van der Waals surface area (Å²) in [7, 11) is 0. The molecule has 3 aromatic rings. The number of hydrogen-bond acceptors (Lipinski definition) is 3. The topological polar surface area (TPSA) is 30.5 Å². The molecule has 158 valence electrons. The van der Waals surface area contributed by atoms with E-state index in [4.69, 9.17) is 21.1 Å². The molecule has 0 aliphatic rings. The molecule has 30 heavy (non-hydrogen) atoms. The summed E-state index contributed by atoms with van der Waals surface area (Å²) in [5.41, 5.74) is 2.59. The molecular weight excluding hydrogens is 469 g/mol. The third-order valence-corrected chi connectivity index (χ3v) is 5.65. The minimum absolute atomic E-state index is 0.00676. The van der Waals surface area contributed by atoms with Crippen LogP contribution in [0.25, 0.3) is 0 Å². The van der Waals surface area contributed by atoms with Crippen LogP contribution in [0.2, 0.25) is 5.02 Å². The first-order chi connectivity index (χ1) is 14.5. The van der Waals surface area contributed by atoms with Crippen molar-refractivity contribution >= 4 is 27.5 Å². The molecule has 3 nitrogen and oxygen atoms in total. The van der Waals surface area contributed by atoms with E-state index in [0.717, 1.165) is 10.0 Å². The summed E-state index contributed by atoms with van der Waals surface area (Å²) >= 11 is 9.68. The fourth-order valence-corrected chi connectivity index (χ4v) is 3.89. The van der Waals surface area contributed by atoms with Gasteiger partial charge in [-0.3, -0.25) is 0 Å². The molecule has 0 saturated carbocycles. The van der Waals surface area contributed by atoms with E-state index in [1.807, 2.05) is 37.3 Å². The zero-order valence-electron chi connectivity index (χ0n) is 16.9. The van der Waals surface area contributed by atoms with Gasteiger partial charge >= 0.3 is 0 Å². The van der Waals surface area contributed by atoms with Crippen LogP contribution in [0.1, 0.15) is 36.6 Å². The SMILES string of the molecule is CCOc1cc(CN[C@@H](C)c2ccccc2)cc(Br)c1OCc1c(F)cccc1Cl. The van der Waals surface area contributed by atoms with E-state index < -0.39 is 5.82 Å². The van der Waals surface area contributed by atoms with E-state index >= 15 is 0 Å². The van der Waals surface area contributed by atoms with Crippen molar-refractivity contribution in [3.8, 4) is 11.5 Å². The molecular formula is C24H24BrClFNO2. The summed E-state index contributed by atoms with van der Waals surface area (Å²) in [4.78, 5) is 0. The first kappa shape index (κ1) is 22.6. The smallest absolute Gasteiger partial charge is 0.175 e. The summed E-state index contributed by atoms with van der Waals surface area (Å²) in [6.45, 7) is 5.19. The van der Waals surface area contributed by atoms with Gasteiger partial charge < -0.3 is 14.8 Å². The minimum Gasteiger partial charge on any atom is -0.490 e. The second-order valence-electron chi connectivity index (χ2n) is 6.84. The number of benzene rings is 3. The van der Waals surface area contributed by atoms with Gasteiger partial charge in [0, 0.05) is 18.2 Å². The Bertz CT molecular complexity index is 964. The van der Waals surface area contributed by atoms with Crippen molar-refractivity contribution in [3.05, 3.63) is 92.7 Å². The Kier molecular flexibility index (Phi) is 8.14. The van der Waals surface area contributed by atoms with Crippen LogP contribution in [0, 0.1) is 5.82 Å². The lowest BCUT2D eigenvalue weighted by molar-refractivity contribution is 0.264. The fraction of sp³-hybridized carbons (Fsp3) is 0.250. The van der Waals surface area contributed by atoms with Crippen molar-refractivity contribution in [3.63, 3.8) is 0 Å². The summed E-state index contributed by atoms with van der Waals surface area (Å²) in [6.07, 6.45) is 0. The van der Waals surface area contributed by atoms with Crippen LogP contribution in [0.5, 0.6) is 11.5 Å². The predicted octanol–water partition coefficient (Wildman–Crippen LogP) is 7.07. The third kappa shape index (κ3) is 5.75. The van der Waals surface area contributed by atoms with E-state index in [0.29, 0.717) is 35.2 Å². The Balaban J connectivity index is 1.75. The summed E-state index contributed by atoms with van der Waals surface area (Å²) in [6, 6.07) is 19.0. The Labute approximate surface area is 190 Å². The van der Waals surface area contributed by atoms with Gasteiger partial charge in [0.15, 0.2) is 11.5 Å². The van der Waals surface area contributed by atoms with Crippen molar-refractivity contribution in [1.29, 1.82) is 0 Å². The molecule has 3 rings (SSSR count). The first-order valence-electron chi connectivity index (χ1n) is 9.78. The highest BCUT2D eigenvalue weighted by Gasteiger charge is 2.15. The van der Waals surface area contributed by atoms with Gasteiger partial charge in [0.05, 0.1) is 16.1 Å². The number of rotatable bonds is 9. The van der Waals surface area contributed by atoms with Crippen LogP contribution in [0.4, 0.5) is 4.39 Å². The molecule has 0 aliphatic carbocycles.